The van der Waals surface area contributed by atoms with Crippen LogP contribution < -0.4 is 5.73 Å². The summed E-state index contributed by atoms with van der Waals surface area (Å²) in [5.41, 5.74) is 6.79. The van der Waals surface area contributed by atoms with Gasteiger partial charge in [-0.15, -0.1) is 0 Å². The number of hydrogen-bond acceptors (Lipinski definition) is 4. The maximum atomic E-state index is 12.8. The van der Waals surface area contributed by atoms with E-state index >= 15 is 0 Å². The molecule has 5 nitrogen and oxygen atoms in total. The predicted octanol–water partition coefficient (Wildman–Crippen LogP) is 2.26. The summed E-state index contributed by atoms with van der Waals surface area (Å²) in [6, 6.07) is 3.21. The number of rotatable bonds is 3. The van der Waals surface area contributed by atoms with Crippen molar-refractivity contribution >= 4 is 41.9 Å². The van der Waals surface area contributed by atoms with Crippen LogP contribution in [0.5, 0.6) is 0 Å². The molecule has 21 heavy (non-hydrogen) atoms. The molecule has 0 saturated carbocycles. The molecule has 0 bridgehead atoms. The highest BCUT2D eigenvalue weighted by Crippen LogP contribution is 2.31. The Morgan fingerprint density at radius 1 is 1.38 bits per heavy atom. The predicted molar refractivity (Wildman–Crippen MR) is 88.7 cm³/mol. The third-order valence-corrected chi connectivity index (χ3v) is 7.15. The van der Waals surface area contributed by atoms with Crippen LogP contribution in [-0.4, -0.2) is 44.6 Å². The second kappa shape index (κ2) is 6.64. The van der Waals surface area contributed by atoms with E-state index in [0.29, 0.717) is 17.6 Å². The van der Waals surface area contributed by atoms with Gasteiger partial charge in [0.15, 0.2) is 0 Å². The maximum Gasteiger partial charge on any atom is 0.244 e. The summed E-state index contributed by atoms with van der Waals surface area (Å²) in [4.78, 5) is 0.255. The molecule has 0 aromatic heterocycles. The lowest BCUT2D eigenvalue weighted by Crippen LogP contribution is -2.51. The van der Waals surface area contributed by atoms with Crippen LogP contribution in [0.25, 0.3) is 0 Å². The Morgan fingerprint density at radius 3 is 2.67 bits per heavy atom. The van der Waals surface area contributed by atoms with Crippen molar-refractivity contribution in [2.24, 2.45) is 5.73 Å². The van der Waals surface area contributed by atoms with Crippen LogP contribution in [0.15, 0.2) is 26.0 Å². The van der Waals surface area contributed by atoms with Crippen molar-refractivity contribution in [3.05, 3.63) is 26.6 Å². The van der Waals surface area contributed by atoms with E-state index in [4.69, 9.17) is 10.5 Å². The van der Waals surface area contributed by atoms with Crippen LogP contribution in [-0.2, 0) is 14.8 Å². The average molecular weight is 442 g/mol. The molecular formula is C13H18Br2N2O3S. The van der Waals surface area contributed by atoms with Gasteiger partial charge in [0, 0.05) is 28.1 Å². The maximum absolute atomic E-state index is 12.8. The third kappa shape index (κ3) is 3.68. The largest absolute Gasteiger partial charge is 0.374 e. The van der Waals surface area contributed by atoms with E-state index in [2.05, 4.69) is 31.9 Å². The molecule has 1 aliphatic rings. The number of sulfonamides is 1. The molecule has 1 fully saturated rings. The quantitative estimate of drug-likeness (QED) is 0.780. The molecule has 0 aliphatic carbocycles. The zero-order valence-corrected chi connectivity index (χ0v) is 15.8. The minimum atomic E-state index is -3.58. The lowest BCUT2D eigenvalue weighted by atomic mass is 10.2. The molecule has 0 amide bonds. The Morgan fingerprint density at radius 2 is 2.05 bits per heavy atom. The van der Waals surface area contributed by atoms with Gasteiger partial charge in [0.05, 0.1) is 17.6 Å². The van der Waals surface area contributed by atoms with Gasteiger partial charge < -0.3 is 10.5 Å². The van der Waals surface area contributed by atoms with Gasteiger partial charge in [0.25, 0.3) is 0 Å². The van der Waals surface area contributed by atoms with Gasteiger partial charge in [-0.2, -0.15) is 4.31 Å². The van der Waals surface area contributed by atoms with Crippen LogP contribution in [0.4, 0.5) is 0 Å². The molecule has 2 N–H and O–H groups in total. The Bertz CT molecular complexity index is 635. The van der Waals surface area contributed by atoms with Gasteiger partial charge in [-0.3, -0.25) is 0 Å². The van der Waals surface area contributed by atoms with Gasteiger partial charge in [-0.05, 0) is 47.5 Å². The molecule has 2 unspecified atom stereocenters. The molecule has 0 spiro atoms. The number of nitrogens with zero attached hydrogens (tertiary/aromatic N) is 1. The highest BCUT2D eigenvalue weighted by Gasteiger charge is 2.33. The summed E-state index contributed by atoms with van der Waals surface area (Å²) in [7, 11) is -3.58. The second-order valence-corrected chi connectivity index (χ2v) is 8.78. The Labute approximate surface area is 142 Å². The molecule has 1 aromatic rings. The zero-order chi connectivity index (χ0) is 15.8. The van der Waals surface area contributed by atoms with E-state index in [0.717, 1.165) is 10.0 Å². The normalized spacial score (nSPS) is 22.2. The molecule has 118 valence electrons. The average Bonchev–Trinajstić information content (AvgIpc) is 2.42. The van der Waals surface area contributed by atoms with Crippen molar-refractivity contribution in [2.75, 3.05) is 19.7 Å². The van der Waals surface area contributed by atoms with Crippen molar-refractivity contribution in [1.29, 1.82) is 0 Å². The van der Waals surface area contributed by atoms with Crippen LogP contribution in [0.3, 0.4) is 0 Å². The summed E-state index contributed by atoms with van der Waals surface area (Å²) >= 11 is 6.73. The molecule has 2 rings (SSSR count). The van der Waals surface area contributed by atoms with Crippen molar-refractivity contribution in [2.45, 2.75) is 30.9 Å². The van der Waals surface area contributed by atoms with Gasteiger partial charge in [-0.25, -0.2) is 8.42 Å². The lowest BCUT2D eigenvalue weighted by molar-refractivity contribution is -0.0120. The summed E-state index contributed by atoms with van der Waals surface area (Å²) in [6.45, 7) is 4.70. The van der Waals surface area contributed by atoms with Crippen molar-refractivity contribution in [3.63, 3.8) is 0 Å². The fourth-order valence-corrected chi connectivity index (χ4v) is 5.23. The highest BCUT2D eigenvalue weighted by molar-refractivity contribution is 9.11. The topological polar surface area (TPSA) is 72.6 Å². The first kappa shape index (κ1) is 17.4. The van der Waals surface area contributed by atoms with E-state index in [9.17, 15) is 8.42 Å². The van der Waals surface area contributed by atoms with E-state index in [-0.39, 0.29) is 23.6 Å². The van der Waals surface area contributed by atoms with Crippen molar-refractivity contribution < 1.29 is 13.2 Å². The first-order valence-electron chi connectivity index (χ1n) is 6.56. The van der Waals surface area contributed by atoms with Gasteiger partial charge in [0.1, 0.15) is 0 Å². The molecular weight excluding hydrogens is 424 g/mol. The zero-order valence-electron chi connectivity index (χ0n) is 11.8. The SMILES string of the molecule is Cc1cc(Br)c(S(=O)(=O)N2CCOC(C(C)N)C2)cc1Br. The van der Waals surface area contributed by atoms with Crippen LogP contribution in [0.2, 0.25) is 0 Å². The fraction of sp³-hybridized carbons (Fsp3) is 0.538. The summed E-state index contributed by atoms with van der Waals surface area (Å²) in [5.74, 6) is 0. The molecule has 2 atom stereocenters. The standard InChI is InChI=1S/C13H18Br2N2O3S/c1-8-5-11(15)13(6-10(8)14)21(18,19)17-3-4-20-12(7-17)9(2)16/h5-6,9,12H,3-4,7,16H2,1-2H3. The molecule has 0 radical (unpaired) electrons. The number of halogens is 2. The van der Waals surface area contributed by atoms with Crippen LogP contribution >= 0.6 is 31.9 Å². The number of nitrogens with two attached hydrogens (primary N) is 1. The summed E-state index contributed by atoms with van der Waals surface area (Å²) < 4.78 is 33.9. The minimum absolute atomic E-state index is 0.212. The first-order chi connectivity index (χ1) is 9.73. The van der Waals surface area contributed by atoms with E-state index < -0.39 is 10.0 Å². The Balaban J connectivity index is 2.36. The number of aryl methyl sites for hydroxylation is 1. The van der Waals surface area contributed by atoms with Crippen molar-refractivity contribution in [1.82, 2.24) is 4.31 Å². The number of benzene rings is 1. The number of ether oxygens (including phenoxy) is 1. The third-order valence-electron chi connectivity index (χ3n) is 3.47. The summed E-state index contributed by atoms with van der Waals surface area (Å²) in [6.07, 6.45) is -0.277. The first-order valence-corrected chi connectivity index (χ1v) is 9.59. The van der Waals surface area contributed by atoms with E-state index in [1.807, 2.05) is 13.8 Å². The molecule has 1 aromatic carbocycles. The summed E-state index contributed by atoms with van der Waals surface area (Å²) in [5, 5.41) is 0. The monoisotopic (exact) mass is 440 g/mol. The van der Waals surface area contributed by atoms with Gasteiger partial charge in [-0.1, -0.05) is 15.9 Å². The van der Waals surface area contributed by atoms with Crippen LogP contribution in [0.1, 0.15) is 12.5 Å². The van der Waals surface area contributed by atoms with Gasteiger partial charge >= 0.3 is 0 Å². The molecule has 8 heteroatoms. The smallest absolute Gasteiger partial charge is 0.244 e. The molecule has 1 heterocycles. The van der Waals surface area contributed by atoms with Crippen molar-refractivity contribution in [3.8, 4) is 0 Å². The van der Waals surface area contributed by atoms with E-state index in [1.165, 1.54) is 4.31 Å². The van der Waals surface area contributed by atoms with E-state index in [1.54, 1.807) is 12.1 Å². The molecule has 1 saturated heterocycles. The lowest BCUT2D eigenvalue weighted by Gasteiger charge is -2.34. The van der Waals surface area contributed by atoms with Gasteiger partial charge in [0.2, 0.25) is 10.0 Å². The second-order valence-electron chi connectivity index (χ2n) is 5.16. The molecule has 1 aliphatic heterocycles. The highest BCUT2D eigenvalue weighted by atomic mass is 79.9. The van der Waals surface area contributed by atoms with Crippen LogP contribution in [0, 0.1) is 6.92 Å². The fourth-order valence-electron chi connectivity index (χ4n) is 2.15. The number of hydrogen-bond donors (Lipinski definition) is 1. The minimum Gasteiger partial charge on any atom is -0.374 e. The Hall–Kier alpha value is 0.01000. The Kier molecular flexibility index (Phi) is 5.49. The number of morpholine rings is 1.